The SMILES string of the molecule is CC1CC(C(=O)O)C(C(=O)NCC2(C)CCCO2)C1. The fourth-order valence-electron chi connectivity index (χ4n) is 3.24. The Morgan fingerprint density at radius 1 is 1.37 bits per heavy atom. The van der Waals surface area contributed by atoms with Crippen molar-refractivity contribution in [2.75, 3.05) is 13.2 Å². The van der Waals surface area contributed by atoms with E-state index in [4.69, 9.17) is 4.74 Å². The van der Waals surface area contributed by atoms with E-state index in [0.29, 0.717) is 25.3 Å². The van der Waals surface area contributed by atoms with Crippen molar-refractivity contribution in [3.05, 3.63) is 0 Å². The van der Waals surface area contributed by atoms with Gasteiger partial charge < -0.3 is 15.2 Å². The number of rotatable bonds is 4. The lowest BCUT2D eigenvalue weighted by Gasteiger charge is -2.25. The maximum Gasteiger partial charge on any atom is 0.307 e. The van der Waals surface area contributed by atoms with Crippen LogP contribution >= 0.6 is 0 Å². The topological polar surface area (TPSA) is 75.6 Å². The monoisotopic (exact) mass is 269 g/mol. The molecule has 0 radical (unpaired) electrons. The quantitative estimate of drug-likeness (QED) is 0.809. The Labute approximate surface area is 113 Å². The van der Waals surface area contributed by atoms with Crippen LogP contribution in [0.1, 0.15) is 39.5 Å². The van der Waals surface area contributed by atoms with Gasteiger partial charge in [0.05, 0.1) is 17.4 Å². The molecule has 108 valence electrons. The number of carbonyl (C=O) groups excluding carboxylic acids is 1. The molecule has 19 heavy (non-hydrogen) atoms. The van der Waals surface area contributed by atoms with Crippen LogP contribution in [-0.4, -0.2) is 35.7 Å². The zero-order valence-corrected chi connectivity index (χ0v) is 11.6. The van der Waals surface area contributed by atoms with Gasteiger partial charge in [0.2, 0.25) is 5.91 Å². The van der Waals surface area contributed by atoms with E-state index in [9.17, 15) is 14.7 Å². The molecule has 2 fully saturated rings. The highest BCUT2D eigenvalue weighted by atomic mass is 16.5. The summed E-state index contributed by atoms with van der Waals surface area (Å²) in [7, 11) is 0. The number of carboxylic acids is 1. The predicted octanol–water partition coefficient (Wildman–Crippen LogP) is 1.42. The van der Waals surface area contributed by atoms with Gasteiger partial charge in [-0.1, -0.05) is 6.92 Å². The van der Waals surface area contributed by atoms with Crippen LogP contribution in [0.3, 0.4) is 0 Å². The van der Waals surface area contributed by atoms with Crippen molar-refractivity contribution in [3.63, 3.8) is 0 Å². The lowest BCUT2D eigenvalue weighted by atomic mass is 9.94. The van der Waals surface area contributed by atoms with E-state index < -0.39 is 17.8 Å². The maximum atomic E-state index is 12.2. The summed E-state index contributed by atoms with van der Waals surface area (Å²) in [6.45, 7) is 5.21. The van der Waals surface area contributed by atoms with Gasteiger partial charge >= 0.3 is 5.97 Å². The molecular formula is C14H23NO4. The van der Waals surface area contributed by atoms with E-state index in [-0.39, 0.29) is 11.5 Å². The predicted molar refractivity (Wildman–Crippen MR) is 69.6 cm³/mol. The van der Waals surface area contributed by atoms with Gasteiger partial charge in [-0.05, 0) is 38.5 Å². The van der Waals surface area contributed by atoms with Gasteiger partial charge in [0.15, 0.2) is 0 Å². The molecule has 0 aromatic rings. The van der Waals surface area contributed by atoms with Crippen molar-refractivity contribution in [3.8, 4) is 0 Å². The summed E-state index contributed by atoms with van der Waals surface area (Å²) in [4.78, 5) is 23.4. The minimum Gasteiger partial charge on any atom is -0.481 e. The molecule has 4 atom stereocenters. The number of aliphatic carboxylic acids is 1. The molecule has 2 rings (SSSR count). The van der Waals surface area contributed by atoms with Gasteiger partial charge in [0.1, 0.15) is 0 Å². The second kappa shape index (κ2) is 5.49. The van der Waals surface area contributed by atoms with E-state index in [0.717, 1.165) is 19.4 Å². The number of hydrogen-bond acceptors (Lipinski definition) is 3. The first-order chi connectivity index (χ1) is 8.91. The summed E-state index contributed by atoms with van der Waals surface area (Å²) < 4.78 is 5.62. The standard InChI is InChI=1S/C14H23NO4/c1-9-6-10(11(7-9)13(17)18)12(16)15-8-14(2)4-3-5-19-14/h9-11H,3-8H2,1-2H3,(H,15,16)(H,17,18). The van der Waals surface area contributed by atoms with Crippen LogP contribution in [0.4, 0.5) is 0 Å². The van der Waals surface area contributed by atoms with Crippen LogP contribution < -0.4 is 5.32 Å². The Kier molecular flexibility index (Phi) is 4.13. The number of nitrogens with one attached hydrogen (secondary N) is 1. The highest BCUT2D eigenvalue weighted by Crippen LogP contribution is 2.36. The Balaban J connectivity index is 1.90. The molecule has 1 aliphatic heterocycles. The van der Waals surface area contributed by atoms with Crippen molar-refractivity contribution in [2.24, 2.45) is 17.8 Å². The van der Waals surface area contributed by atoms with Crippen LogP contribution in [-0.2, 0) is 14.3 Å². The minimum absolute atomic E-state index is 0.131. The molecule has 0 spiro atoms. The van der Waals surface area contributed by atoms with Crippen molar-refractivity contribution in [1.82, 2.24) is 5.32 Å². The second-order valence-corrected chi connectivity index (χ2v) is 6.25. The number of carboxylic acid groups (broad SMARTS) is 1. The van der Waals surface area contributed by atoms with Gasteiger partial charge in [-0.25, -0.2) is 0 Å². The highest BCUT2D eigenvalue weighted by molar-refractivity contribution is 5.85. The molecule has 1 heterocycles. The number of ether oxygens (including phenoxy) is 1. The average molecular weight is 269 g/mol. The zero-order chi connectivity index (χ0) is 14.0. The average Bonchev–Trinajstić information content (AvgIpc) is 2.93. The molecule has 1 saturated heterocycles. The molecule has 5 heteroatoms. The summed E-state index contributed by atoms with van der Waals surface area (Å²) >= 11 is 0. The molecule has 1 saturated carbocycles. The molecule has 1 amide bonds. The zero-order valence-electron chi connectivity index (χ0n) is 11.6. The molecule has 4 unspecified atom stereocenters. The third-order valence-corrected chi connectivity index (χ3v) is 4.39. The van der Waals surface area contributed by atoms with E-state index in [1.807, 2.05) is 13.8 Å². The Morgan fingerprint density at radius 2 is 2.05 bits per heavy atom. The van der Waals surface area contributed by atoms with Gasteiger partial charge in [0.25, 0.3) is 0 Å². The van der Waals surface area contributed by atoms with Gasteiger partial charge in [-0.15, -0.1) is 0 Å². The third-order valence-electron chi connectivity index (χ3n) is 4.39. The largest absolute Gasteiger partial charge is 0.481 e. The minimum atomic E-state index is -0.854. The first-order valence-corrected chi connectivity index (χ1v) is 7.06. The van der Waals surface area contributed by atoms with Gasteiger partial charge in [-0.3, -0.25) is 9.59 Å². The number of amides is 1. The third kappa shape index (κ3) is 3.26. The first kappa shape index (κ1) is 14.3. The van der Waals surface area contributed by atoms with Crippen molar-refractivity contribution in [2.45, 2.75) is 45.1 Å². The summed E-state index contributed by atoms with van der Waals surface area (Å²) in [6, 6.07) is 0. The van der Waals surface area contributed by atoms with E-state index in [1.165, 1.54) is 0 Å². The Morgan fingerprint density at radius 3 is 2.63 bits per heavy atom. The molecule has 0 aromatic heterocycles. The molecule has 5 nitrogen and oxygen atoms in total. The normalized spacial score (nSPS) is 38.3. The van der Waals surface area contributed by atoms with Gasteiger partial charge in [-0.2, -0.15) is 0 Å². The molecular weight excluding hydrogens is 246 g/mol. The molecule has 2 aliphatic rings. The number of hydrogen-bond donors (Lipinski definition) is 2. The van der Waals surface area contributed by atoms with Crippen LogP contribution in [0, 0.1) is 17.8 Å². The maximum absolute atomic E-state index is 12.2. The molecule has 1 aliphatic carbocycles. The van der Waals surface area contributed by atoms with Gasteiger partial charge in [0, 0.05) is 13.2 Å². The first-order valence-electron chi connectivity index (χ1n) is 7.06. The van der Waals surface area contributed by atoms with Crippen molar-refractivity contribution < 1.29 is 19.4 Å². The Bertz CT molecular complexity index is 362. The summed E-state index contributed by atoms with van der Waals surface area (Å²) in [6.07, 6.45) is 3.23. The van der Waals surface area contributed by atoms with Crippen LogP contribution in [0.25, 0.3) is 0 Å². The highest BCUT2D eigenvalue weighted by Gasteiger charge is 2.41. The lowest BCUT2D eigenvalue weighted by molar-refractivity contribution is -0.146. The summed E-state index contributed by atoms with van der Waals surface area (Å²) in [5, 5.41) is 12.1. The van der Waals surface area contributed by atoms with Crippen molar-refractivity contribution >= 4 is 11.9 Å². The fraction of sp³-hybridized carbons (Fsp3) is 0.857. The van der Waals surface area contributed by atoms with Crippen molar-refractivity contribution in [1.29, 1.82) is 0 Å². The van der Waals surface area contributed by atoms with E-state index in [1.54, 1.807) is 0 Å². The number of carbonyl (C=O) groups is 2. The van der Waals surface area contributed by atoms with Crippen LogP contribution in [0.2, 0.25) is 0 Å². The second-order valence-electron chi connectivity index (χ2n) is 6.25. The molecule has 0 bridgehead atoms. The summed E-state index contributed by atoms with van der Waals surface area (Å²) in [5.41, 5.74) is -0.279. The molecule has 0 aromatic carbocycles. The Hall–Kier alpha value is -1.10. The van der Waals surface area contributed by atoms with Crippen LogP contribution in [0.15, 0.2) is 0 Å². The lowest BCUT2D eigenvalue weighted by Crippen LogP contribution is -2.43. The fourth-order valence-corrected chi connectivity index (χ4v) is 3.24. The van der Waals surface area contributed by atoms with Crippen LogP contribution in [0.5, 0.6) is 0 Å². The van der Waals surface area contributed by atoms with E-state index in [2.05, 4.69) is 5.32 Å². The summed E-state index contributed by atoms with van der Waals surface area (Å²) in [5.74, 6) is -1.61. The smallest absolute Gasteiger partial charge is 0.307 e. The van der Waals surface area contributed by atoms with E-state index >= 15 is 0 Å². The molecule has 2 N–H and O–H groups in total.